The Bertz CT molecular complexity index is 440. The van der Waals surface area contributed by atoms with Crippen LogP contribution in [0, 0.1) is 0 Å². The molecular formula is C13H14F3NO2. The number of alkyl halides is 3. The zero-order valence-electron chi connectivity index (χ0n) is 10.2. The van der Waals surface area contributed by atoms with Crippen LogP contribution < -0.4 is 0 Å². The number of carbonyl (C=O) groups is 1. The Balaban J connectivity index is 2.74. The number of carboxylic acids is 1. The number of hydrogen-bond acceptors (Lipinski definition) is 2. The minimum atomic E-state index is -4.36. The van der Waals surface area contributed by atoms with Crippen LogP contribution in [0.25, 0.3) is 0 Å². The summed E-state index contributed by atoms with van der Waals surface area (Å²) in [7, 11) is 0. The van der Waals surface area contributed by atoms with Crippen LogP contribution in [-0.2, 0) is 17.5 Å². The minimum Gasteiger partial charge on any atom is -0.480 e. The molecule has 0 saturated heterocycles. The van der Waals surface area contributed by atoms with E-state index in [9.17, 15) is 18.0 Å². The summed E-state index contributed by atoms with van der Waals surface area (Å²) in [6.45, 7) is 3.94. The largest absolute Gasteiger partial charge is 0.480 e. The Kier molecular flexibility index (Phi) is 5.11. The molecule has 0 atom stereocenters. The number of hydrogen-bond donors (Lipinski definition) is 1. The normalized spacial score (nSPS) is 11.6. The molecule has 0 aromatic heterocycles. The van der Waals surface area contributed by atoms with Gasteiger partial charge in [0.15, 0.2) is 0 Å². The number of benzene rings is 1. The summed E-state index contributed by atoms with van der Waals surface area (Å²) in [6, 6.07) is 4.67. The van der Waals surface area contributed by atoms with Crippen LogP contribution in [0.4, 0.5) is 13.2 Å². The molecule has 0 saturated carbocycles. The van der Waals surface area contributed by atoms with Gasteiger partial charge in [-0.25, -0.2) is 0 Å². The quantitative estimate of drug-likeness (QED) is 0.810. The lowest BCUT2D eigenvalue weighted by Gasteiger charge is -2.18. The molecule has 0 aliphatic carbocycles. The third-order valence-corrected chi connectivity index (χ3v) is 2.43. The molecule has 1 rings (SSSR count). The molecule has 1 aromatic rings. The molecule has 1 N–H and O–H groups in total. The zero-order chi connectivity index (χ0) is 14.5. The van der Waals surface area contributed by atoms with Crippen molar-refractivity contribution in [3.05, 3.63) is 48.0 Å². The second-order valence-electron chi connectivity index (χ2n) is 4.05. The maximum absolute atomic E-state index is 12.4. The van der Waals surface area contributed by atoms with Crippen molar-refractivity contribution >= 4 is 5.97 Å². The Morgan fingerprint density at radius 2 is 1.89 bits per heavy atom. The van der Waals surface area contributed by atoms with Gasteiger partial charge in [0.2, 0.25) is 0 Å². The average Bonchev–Trinajstić information content (AvgIpc) is 2.28. The molecule has 0 aliphatic rings. The molecule has 0 spiro atoms. The molecule has 19 heavy (non-hydrogen) atoms. The first-order chi connectivity index (χ1) is 8.82. The third kappa shape index (κ3) is 5.13. The van der Waals surface area contributed by atoms with Crippen molar-refractivity contribution in [3.8, 4) is 0 Å². The molecule has 3 nitrogen and oxygen atoms in total. The minimum absolute atomic E-state index is 0.187. The van der Waals surface area contributed by atoms with Crippen molar-refractivity contribution in [1.82, 2.24) is 4.90 Å². The van der Waals surface area contributed by atoms with E-state index in [1.54, 1.807) is 11.0 Å². The van der Waals surface area contributed by atoms with Gasteiger partial charge in [0.05, 0.1) is 12.1 Å². The van der Waals surface area contributed by atoms with E-state index in [1.807, 2.05) is 0 Å². The maximum atomic E-state index is 12.4. The zero-order valence-corrected chi connectivity index (χ0v) is 10.2. The predicted octanol–water partition coefficient (Wildman–Crippen LogP) is 2.78. The van der Waals surface area contributed by atoms with Gasteiger partial charge in [0.25, 0.3) is 0 Å². The Morgan fingerprint density at radius 1 is 1.32 bits per heavy atom. The lowest BCUT2D eigenvalue weighted by atomic mass is 10.1. The van der Waals surface area contributed by atoms with E-state index in [0.29, 0.717) is 12.1 Å². The van der Waals surface area contributed by atoms with Crippen LogP contribution in [0.1, 0.15) is 11.1 Å². The number of rotatable bonds is 6. The first kappa shape index (κ1) is 15.2. The molecule has 104 valence electrons. The van der Waals surface area contributed by atoms with Crippen LogP contribution in [0.2, 0.25) is 0 Å². The molecule has 6 heteroatoms. The number of carboxylic acid groups (broad SMARTS) is 1. The van der Waals surface area contributed by atoms with Crippen LogP contribution in [-0.4, -0.2) is 29.1 Å². The second-order valence-corrected chi connectivity index (χ2v) is 4.05. The molecule has 0 bridgehead atoms. The topological polar surface area (TPSA) is 40.5 Å². The fourth-order valence-corrected chi connectivity index (χ4v) is 1.62. The summed E-state index contributed by atoms with van der Waals surface area (Å²) in [5, 5.41) is 8.71. The van der Waals surface area contributed by atoms with Crippen molar-refractivity contribution in [3.63, 3.8) is 0 Å². The van der Waals surface area contributed by atoms with Gasteiger partial charge in [-0.3, -0.25) is 9.69 Å². The van der Waals surface area contributed by atoms with E-state index < -0.39 is 17.7 Å². The van der Waals surface area contributed by atoms with Gasteiger partial charge < -0.3 is 5.11 Å². The molecule has 0 amide bonds. The predicted molar refractivity (Wildman–Crippen MR) is 64.6 cm³/mol. The Labute approximate surface area is 109 Å². The van der Waals surface area contributed by atoms with Gasteiger partial charge in [-0.2, -0.15) is 13.2 Å². The monoisotopic (exact) mass is 273 g/mol. The lowest BCUT2D eigenvalue weighted by molar-refractivity contribution is -0.138. The molecular weight excluding hydrogens is 259 g/mol. The van der Waals surface area contributed by atoms with Gasteiger partial charge in [0, 0.05) is 13.1 Å². The summed E-state index contributed by atoms with van der Waals surface area (Å²) in [5.41, 5.74) is -0.0964. The summed E-state index contributed by atoms with van der Waals surface area (Å²) >= 11 is 0. The second kappa shape index (κ2) is 6.38. The highest BCUT2D eigenvalue weighted by Crippen LogP contribution is 2.29. The number of nitrogens with zero attached hydrogens (tertiary/aromatic N) is 1. The van der Waals surface area contributed by atoms with E-state index in [-0.39, 0.29) is 13.1 Å². The fraction of sp³-hybridized carbons (Fsp3) is 0.308. The smallest absolute Gasteiger partial charge is 0.416 e. The molecule has 1 aromatic carbocycles. The summed E-state index contributed by atoms with van der Waals surface area (Å²) in [5.74, 6) is -0.992. The molecule has 0 unspecified atom stereocenters. The fourth-order valence-electron chi connectivity index (χ4n) is 1.62. The summed E-state index contributed by atoms with van der Waals surface area (Å²) in [6.07, 6.45) is -2.81. The SMILES string of the molecule is C=CCN(CC(=O)O)Cc1ccc(C(F)(F)F)cc1. The molecule has 0 radical (unpaired) electrons. The summed E-state index contributed by atoms with van der Waals surface area (Å²) < 4.78 is 37.1. The molecule has 0 fully saturated rings. The van der Waals surface area contributed by atoms with Gasteiger partial charge >= 0.3 is 12.1 Å². The standard InChI is InChI=1S/C13H14F3NO2/c1-2-7-17(9-12(18)19)8-10-3-5-11(6-4-10)13(14,15)16/h2-6H,1,7-9H2,(H,18,19). The van der Waals surface area contributed by atoms with Gasteiger partial charge in [-0.15, -0.1) is 6.58 Å². The van der Waals surface area contributed by atoms with Crippen LogP contribution in [0.3, 0.4) is 0 Å². The Morgan fingerprint density at radius 3 is 2.32 bits per heavy atom. The van der Waals surface area contributed by atoms with E-state index in [4.69, 9.17) is 5.11 Å². The van der Waals surface area contributed by atoms with Crippen molar-refractivity contribution in [2.45, 2.75) is 12.7 Å². The van der Waals surface area contributed by atoms with Crippen molar-refractivity contribution in [2.75, 3.05) is 13.1 Å². The average molecular weight is 273 g/mol. The van der Waals surface area contributed by atoms with E-state index in [2.05, 4.69) is 6.58 Å². The van der Waals surface area contributed by atoms with Crippen molar-refractivity contribution in [1.29, 1.82) is 0 Å². The van der Waals surface area contributed by atoms with Gasteiger partial charge in [-0.05, 0) is 17.7 Å². The highest BCUT2D eigenvalue weighted by atomic mass is 19.4. The maximum Gasteiger partial charge on any atom is 0.416 e. The van der Waals surface area contributed by atoms with E-state index in [1.165, 1.54) is 12.1 Å². The molecule has 0 aliphatic heterocycles. The highest BCUT2D eigenvalue weighted by Gasteiger charge is 2.29. The Hall–Kier alpha value is -1.82. The van der Waals surface area contributed by atoms with Crippen molar-refractivity contribution in [2.24, 2.45) is 0 Å². The first-order valence-electron chi connectivity index (χ1n) is 5.54. The van der Waals surface area contributed by atoms with E-state index >= 15 is 0 Å². The number of aliphatic carboxylic acids is 1. The van der Waals surface area contributed by atoms with Crippen LogP contribution >= 0.6 is 0 Å². The number of halogens is 3. The summed E-state index contributed by atoms with van der Waals surface area (Å²) in [4.78, 5) is 12.2. The van der Waals surface area contributed by atoms with Crippen molar-refractivity contribution < 1.29 is 23.1 Å². The van der Waals surface area contributed by atoms with Gasteiger partial charge in [0.1, 0.15) is 0 Å². The molecule has 0 heterocycles. The van der Waals surface area contributed by atoms with E-state index in [0.717, 1.165) is 12.1 Å². The first-order valence-corrected chi connectivity index (χ1v) is 5.54. The lowest BCUT2D eigenvalue weighted by Crippen LogP contribution is -2.29. The van der Waals surface area contributed by atoms with Crippen LogP contribution in [0.5, 0.6) is 0 Å². The third-order valence-electron chi connectivity index (χ3n) is 2.43. The highest BCUT2D eigenvalue weighted by molar-refractivity contribution is 5.69. The van der Waals surface area contributed by atoms with Gasteiger partial charge in [-0.1, -0.05) is 18.2 Å². The van der Waals surface area contributed by atoms with Crippen LogP contribution in [0.15, 0.2) is 36.9 Å².